The topological polar surface area (TPSA) is 0 Å². The predicted molar refractivity (Wildman–Crippen MR) is 63.8 cm³/mol. The van der Waals surface area contributed by atoms with Gasteiger partial charge < -0.3 is 0 Å². The number of benzene rings is 1. The summed E-state index contributed by atoms with van der Waals surface area (Å²) in [5.41, 5.74) is 1.35. The first-order valence-electron chi connectivity index (χ1n) is 4.69. The smallest absolute Gasteiger partial charge is 0.0818 e. The molecule has 0 amide bonds. The fraction of sp³-hybridized carbons (Fsp3) is 0.455. The lowest BCUT2D eigenvalue weighted by atomic mass is 10.2. The molecule has 0 heterocycles. The van der Waals surface area contributed by atoms with E-state index in [4.69, 9.17) is 11.6 Å². The summed E-state index contributed by atoms with van der Waals surface area (Å²) < 4.78 is 0. The van der Waals surface area contributed by atoms with Crippen LogP contribution in [0.1, 0.15) is 5.56 Å². The SMILES string of the molecule is Cc1cccc([Si](C)(C)CCCl)c1. The van der Waals surface area contributed by atoms with E-state index in [1.165, 1.54) is 10.8 Å². The highest BCUT2D eigenvalue weighted by molar-refractivity contribution is 6.90. The predicted octanol–water partition coefficient (Wildman–Crippen LogP) is 3.15. The number of hydrogen-bond acceptors (Lipinski definition) is 0. The Hall–Kier alpha value is -0.273. The van der Waals surface area contributed by atoms with Gasteiger partial charge in [0.1, 0.15) is 0 Å². The molecular formula is C11H17ClSi. The van der Waals surface area contributed by atoms with E-state index < -0.39 is 8.07 Å². The molecule has 0 radical (unpaired) electrons. The highest BCUT2D eigenvalue weighted by Gasteiger charge is 2.21. The zero-order valence-corrected chi connectivity index (χ0v) is 10.4. The van der Waals surface area contributed by atoms with Crippen molar-refractivity contribution < 1.29 is 0 Å². The van der Waals surface area contributed by atoms with Crippen LogP contribution in [0.2, 0.25) is 19.1 Å². The number of rotatable bonds is 3. The van der Waals surface area contributed by atoms with Crippen LogP contribution in [-0.4, -0.2) is 14.0 Å². The zero-order chi connectivity index (χ0) is 9.90. The Morgan fingerprint density at radius 1 is 1.31 bits per heavy atom. The van der Waals surface area contributed by atoms with Crippen molar-refractivity contribution in [2.45, 2.75) is 26.1 Å². The van der Waals surface area contributed by atoms with E-state index in [0.29, 0.717) is 0 Å². The Morgan fingerprint density at radius 2 is 2.00 bits per heavy atom. The molecule has 0 unspecified atom stereocenters. The average Bonchev–Trinajstić information content (AvgIpc) is 2.04. The van der Waals surface area contributed by atoms with Crippen LogP contribution < -0.4 is 5.19 Å². The van der Waals surface area contributed by atoms with Gasteiger partial charge in [-0.1, -0.05) is 48.1 Å². The first kappa shape index (κ1) is 10.8. The second kappa shape index (κ2) is 4.29. The summed E-state index contributed by atoms with van der Waals surface area (Å²) in [6.07, 6.45) is 0. The Labute approximate surface area is 86.9 Å². The highest BCUT2D eigenvalue weighted by Crippen LogP contribution is 2.11. The fourth-order valence-electron chi connectivity index (χ4n) is 1.45. The average molecular weight is 213 g/mol. The lowest BCUT2D eigenvalue weighted by molar-refractivity contribution is 1.37. The maximum atomic E-state index is 5.81. The Kier molecular flexibility index (Phi) is 3.57. The van der Waals surface area contributed by atoms with Crippen molar-refractivity contribution in [3.63, 3.8) is 0 Å². The maximum Gasteiger partial charge on any atom is 0.0818 e. The molecule has 1 aromatic rings. The summed E-state index contributed by atoms with van der Waals surface area (Å²) in [4.78, 5) is 0. The molecule has 0 aliphatic rings. The van der Waals surface area contributed by atoms with Crippen molar-refractivity contribution in [1.29, 1.82) is 0 Å². The zero-order valence-electron chi connectivity index (χ0n) is 8.60. The molecule has 0 atom stereocenters. The second-order valence-electron chi connectivity index (χ2n) is 4.19. The van der Waals surface area contributed by atoms with Crippen LogP contribution >= 0.6 is 11.6 Å². The van der Waals surface area contributed by atoms with Crippen LogP contribution in [0.4, 0.5) is 0 Å². The van der Waals surface area contributed by atoms with Crippen molar-refractivity contribution in [3.8, 4) is 0 Å². The lowest BCUT2D eigenvalue weighted by Crippen LogP contribution is -2.41. The third-order valence-corrected chi connectivity index (χ3v) is 6.40. The summed E-state index contributed by atoms with van der Waals surface area (Å²) in [6, 6.07) is 10.0. The molecule has 0 saturated carbocycles. The largest absolute Gasteiger partial charge is 0.127 e. The number of halogens is 1. The molecule has 0 aliphatic heterocycles. The molecule has 0 spiro atoms. The van der Waals surface area contributed by atoms with Crippen LogP contribution in [0, 0.1) is 6.92 Å². The molecular weight excluding hydrogens is 196 g/mol. The minimum Gasteiger partial charge on any atom is -0.127 e. The van der Waals surface area contributed by atoms with Gasteiger partial charge in [0, 0.05) is 5.88 Å². The number of aryl methyl sites for hydroxylation is 1. The third kappa shape index (κ3) is 2.85. The Morgan fingerprint density at radius 3 is 2.54 bits per heavy atom. The standard InChI is InChI=1S/C11H17ClSi/c1-10-5-4-6-11(9-10)13(2,3)8-7-12/h4-6,9H,7-8H2,1-3H3. The van der Waals surface area contributed by atoms with E-state index in [2.05, 4.69) is 44.3 Å². The molecule has 2 heteroatoms. The molecule has 13 heavy (non-hydrogen) atoms. The van der Waals surface area contributed by atoms with E-state index in [0.717, 1.165) is 11.9 Å². The van der Waals surface area contributed by atoms with Gasteiger partial charge in [0.15, 0.2) is 0 Å². The van der Waals surface area contributed by atoms with Crippen molar-refractivity contribution in [2.24, 2.45) is 0 Å². The normalized spacial score (nSPS) is 11.7. The van der Waals surface area contributed by atoms with E-state index in [1.54, 1.807) is 0 Å². The molecule has 0 fully saturated rings. The maximum absolute atomic E-state index is 5.81. The Balaban J connectivity index is 2.93. The molecule has 1 aromatic carbocycles. The van der Waals surface area contributed by atoms with Crippen LogP contribution in [0.25, 0.3) is 0 Å². The van der Waals surface area contributed by atoms with Crippen LogP contribution in [0.3, 0.4) is 0 Å². The lowest BCUT2D eigenvalue weighted by Gasteiger charge is -2.21. The molecule has 0 aromatic heterocycles. The molecule has 0 nitrogen and oxygen atoms in total. The van der Waals surface area contributed by atoms with Gasteiger partial charge in [-0.25, -0.2) is 0 Å². The summed E-state index contributed by atoms with van der Waals surface area (Å²) in [5.74, 6) is 0.785. The van der Waals surface area contributed by atoms with E-state index in [9.17, 15) is 0 Å². The number of alkyl halides is 1. The van der Waals surface area contributed by atoms with Gasteiger partial charge in [-0.3, -0.25) is 0 Å². The summed E-state index contributed by atoms with van der Waals surface area (Å²) >= 11 is 5.81. The van der Waals surface area contributed by atoms with Crippen molar-refractivity contribution >= 4 is 24.9 Å². The van der Waals surface area contributed by atoms with Crippen LogP contribution in [0.15, 0.2) is 24.3 Å². The quantitative estimate of drug-likeness (QED) is 0.534. The van der Waals surface area contributed by atoms with Crippen LogP contribution in [-0.2, 0) is 0 Å². The van der Waals surface area contributed by atoms with E-state index in [-0.39, 0.29) is 0 Å². The molecule has 0 aliphatic carbocycles. The third-order valence-electron chi connectivity index (χ3n) is 2.52. The van der Waals surface area contributed by atoms with Gasteiger partial charge in [0.25, 0.3) is 0 Å². The summed E-state index contributed by atoms with van der Waals surface area (Å²) in [5, 5.41) is 1.52. The summed E-state index contributed by atoms with van der Waals surface area (Å²) in [7, 11) is -1.24. The molecule has 0 saturated heterocycles. The van der Waals surface area contributed by atoms with Crippen LogP contribution in [0.5, 0.6) is 0 Å². The number of hydrogen-bond donors (Lipinski definition) is 0. The van der Waals surface area contributed by atoms with E-state index in [1.807, 2.05) is 0 Å². The highest BCUT2D eigenvalue weighted by atomic mass is 35.5. The molecule has 0 bridgehead atoms. The van der Waals surface area contributed by atoms with Gasteiger partial charge in [0.2, 0.25) is 0 Å². The van der Waals surface area contributed by atoms with Crippen molar-refractivity contribution in [1.82, 2.24) is 0 Å². The van der Waals surface area contributed by atoms with Gasteiger partial charge >= 0.3 is 0 Å². The first-order valence-corrected chi connectivity index (χ1v) is 8.43. The minimum absolute atomic E-state index is 0.785. The minimum atomic E-state index is -1.24. The van der Waals surface area contributed by atoms with Gasteiger partial charge in [0.05, 0.1) is 8.07 Å². The van der Waals surface area contributed by atoms with Gasteiger partial charge in [-0.15, -0.1) is 11.6 Å². The summed E-state index contributed by atoms with van der Waals surface area (Å²) in [6.45, 7) is 6.91. The van der Waals surface area contributed by atoms with Crippen molar-refractivity contribution in [2.75, 3.05) is 5.88 Å². The van der Waals surface area contributed by atoms with E-state index >= 15 is 0 Å². The van der Waals surface area contributed by atoms with Gasteiger partial charge in [-0.2, -0.15) is 0 Å². The van der Waals surface area contributed by atoms with Crippen molar-refractivity contribution in [3.05, 3.63) is 29.8 Å². The molecule has 72 valence electrons. The van der Waals surface area contributed by atoms with Gasteiger partial charge in [-0.05, 0) is 13.0 Å². The molecule has 1 rings (SSSR count). The molecule has 0 N–H and O–H groups in total. The fourth-order valence-corrected chi connectivity index (χ4v) is 4.79. The second-order valence-corrected chi connectivity index (χ2v) is 9.42. The monoisotopic (exact) mass is 212 g/mol. The first-order chi connectivity index (χ1) is 6.06. The Bertz CT molecular complexity index is 281.